The van der Waals surface area contributed by atoms with Gasteiger partial charge in [-0.3, -0.25) is 0 Å². The lowest BCUT2D eigenvalue weighted by Crippen LogP contribution is -2.19. The Morgan fingerprint density at radius 1 is 1.28 bits per heavy atom. The number of nitrogens with two attached hydrogens (primary N) is 1. The first-order valence-corrected chi connectivity index (χ1v) is 6.48. The Kier molecular flexibility index (Phi) is 7.22. The van der Waals surface area contributed by atoms with Crippen LogP contribution in [-0.4, -0.2) is 33.4 Å². The second kappa shape index (κ2) is 8.78. The standard InChI is InChI=1S/C14H24N2O2/c1-3-18-14-6-5-12(11-13(14)15)7-9-16-8-4-10-17-2/h5-6,11,16H,3-4,7-10,15H2,1-2H3. The van der Waals surface area contributed by atoms with Crippen molar-refractivity contribution in [2.24, 2.45) is 0 Å². The predicted molar refractivity (Wildman–Crippen MR) is 75.1 cm³/mol. The van der Waals surface area contributed by atoms with Crippen LogP contribution in [0.2, 0.25) is 0 Å². The van der Waals surface area contributed by atoms with Crippen molar-refractivity contribution >= 4 is 5.69 Å². The molecule has 0 saturated carbocycles. The van der Waals surface area contributed by atoms with Gasteiger partial charge in [0.05, 0.1) is 12.3 Å². The van der Waals surface area contributed by atoms with Crippen molar-refractivity contribution < 1.29 is 9.47 Å². The van der Waals surface area contributed by atoms with Crippen LogP contribution in [0.25, 0.3) is 0 Å². The highest BCUT2D eigenvalue weighted by atomic mass is 16.5. The molecule has 4 nitrogen and oxygen atoms in total. The summed E-state index contributed by atoms with van der Waals surface area (Å²) in [7, 11) is 1.72. The lowest BCUT2D eigenvalue weighted by molar-refractivity contribution is 0.194. The molecule has 0 heterocycles. The molecule has 0 atom stereocenters. The molecule has 3 N–H and O–H groups in total. The maximum absolute atomic E-state index is 5.92. The number of hydrogen-bond acceptors (Lipinski definition) is 4. The zero-order valence-electron chi connectivity index (χ0n) is 11.4. The molecule has 0 aliphatic heterocycles. The molecule has 0 bridgehead atoms. The fraction of sp³-hybridized carbons (Fsp3) is 0.571. The molecule has 1 aromatic carbocycles. The topological polar surface area (TPSA) is 56.5 Å². The van der Waals surface area contributed by atoms with Gasteiger partial charge in [-0.25, -0.2) is 0 Å². The molecule has 0 aromatic heterocycles. The van der Waals surface area contributed by atoms with Gasteiger partial charge in [-0.05, 0) is 50.6 Å². The molecular formula is C14H24N2O2. The van der Waals surface area contributed by atoms with Gasteiger partial charge in [0.25, 0.3) is 0 Å². The summed E-state index contributed by atoms with van der Waals surface area (Å²) < 4.78 is 10.4. The molecule has 102 valence electrons. The second-order valence-corrected chi connectivity index (χ2v) is 4.15. The van der Waals surface area contributed by atoms with E-state index >= 15 is 0 Å². The monoisotopic (exact) mass is 252 g/mol. The number of hydrogen-bond donors (Lipinski definition) is 2. The molecule has 0 aliphatic rings. The molecule has 0 amide bonds. The number of ether oxygens (including phenoxy) is 2. The van der Waals surface area contributed by atoms with E-state index in [0.29, 0.717) is 12.3 Å². The maximum Gasteiger partial charge on any atom is 0.142 e. The fourth-order valence-electron chi connectivity index (χ4n) is 1.74. The largest absolute Gasteiger partial charge is 0.492 e. The van der Waals surface area contributed by atoms with Gasteiger partial charge in [-0.2, -0.15) is 0 Å². The molecule has 4 heteroatoms. The van der Waals surface area contributed by atoms with E-state index in [1.54, 1.807) is 7.11 Å². The average Bonchev–Trinajstić information content (AvgIpc) is 2.37. The van der Waals surface area contributed by atoms with Crippen molar-refractivity contribution in [1.82, 2.24) is 5.32 Å². The number of anilines is 1. The fourth-order valence-corrected chi connectivity index (χ4v) is 1.74. The van der Waals surface area contributed by atoms with Crippen molar-refractivity contribution in [3.63, 3.8) is 0 Å². The first-order chi connectivity index (χ1) is 8.77. The summed E-state index contributed by atoms with van der Waals surface area (Å²) in [5.41, 5.74) is 7.86. The van der Waals surface area contributed by atoms with Crippen LogP contribution in [0.15, 0.2) is 18.2 Å². The SMILES string of the molecule is CCOc1ccc(CCNCCCOC)cc1N. The number of nitrogen functional groups attached to an aromatic ring is 1. The Labute approximate surface area is 109 Å². The van der Waals surface area contributed by atoms with E-state index in [2.05, 4.69) is 11.4 Å². The van der Waals surface area contributed by atoms with E-state index in [1.165, 1.54) is 5.56 Å². The number of nitrogens with one attached hydrogen (secondary N) is 1. The minimum Gasteiger partial charge on any atom is -0.492 e. The van der Waals surface area contributed by atoms with Gasteiger partial charge in [0.2, 0.25) is 0 Å². The lowest BCUT2D eigenvalue weighted by Gasteiger charge is -2.09. The molecule has 1 rings (SSSR count). The molecule has 18 heavy (non-hydrogen) atoms. The van der Waals surface area contributed by atoms with Gasteiger partial charge >= 0.3 is 0 Å². The van der Waals surface area contributed by atoms with Crippen LogP contribution in [0.3, 0.4) is 0 Å². The van der Waals surface area contributed by atoms with Crippen LogP contribution in [0, 0.1) is 0 Å². The highest BCUT2D eigenvalue weighted by molar-refractivity contribution is 5.54. The summed E-state index contributed by atoms with van der Waals surface area (Å²) in [4.78, 5) is 0. The van der Waals surface area contributed by atoms with Crippen molar-refractivity contribution in [2.75, 3.05) is 39.1 Å². The molecular weight excluding hydrogens is 228 g/mol. The van der Waals surface area contributed by atoms with Gasteiger partial charge in [-0.15, -0.1) is 0 Å². The predicted octanol–water partition coefficient (Wildman–Crippen LogP) is 1.84. The van der Waals surface area contributed by atoms with E-state index in [1.807, 2.05) is 19.1 Å². The summed E-state index contributed by atoms with van der Waals surface area (Å²) in [6.45, 7) is 5.35. The van der Waals surface area contributed by atoms with Gasteiger partial charge in [-0.1, -0.05) is 6.07 Å². The van der Waals surface area contributed by atoms with E-state index in [0.717, 1.165) is 38.3 Å². The first-order valence-electron chi connectivity index (χ1n) is 6.48. The minimum absolute atomic E-state index is 0.643. The van der Waals surface area contributed by atoms with E-state index < -0.39 is 0 Å². The summed E-state index contributed by atoms with van der Waals surface area (Å²) in [6.07, 6.45) is 2.02. The second-order valence-electron chi connectivity index (χ2n) is 4.15. The third-order valence-electron chi connectivity index (χ3n) is 2.67. The number of benzene rings is 1. The van der Waals surface area contributed by atoms with Crippen LogP contribution in [0.1, 0.15) is 18.9 Å². The Bertz CT molecular complexity index is 343. The Morgan fingerprint density at radius 3 is 2.78 bits per heavy atom. The Balaban J connectivity index is 2.28. The van der Waals surface area contributed by atoms with Gasteiger partial charge in [0.1, 0.15) is 5.75 Å². The first kappa shape index (κ1) is 14.8. The zero-order chi connectivity index (χ0) is 13.2. The maximum atomic E-state index is 5.92. The normalized spacial score (nSPS) is 10.6. The van der Waals surface area contributed by atoms with Crippen molar-refractivity contribution in [1.29, 1.82) is 0 Å². The molecule has 0 saturated heterocycles. The van der Waals surface area contributed by atoms with Crippen molar-refractivity contribution in [3.8, 4) is 5.75 Å². The van der Waals surface area contributed by atoms with Crippen molar-refractivity contribution in [2.45, 2.75) is 19.8 Å². The van der Waals surface area contributed by atoms with Crippen LogP contribution >= 0.6 is 0 Å². The molecule has 0 aliphatic carbocycles. The molecule has 0 unspecified atom stereocenters. The molecule has 0 radical (unpaired) electrons. The van der Waals surface area contributed by atoms with E-state index in [4.69, 9.17) is 15.2 Å². The smallest absolute Gasteiger partial charge is 0.142 e. The minimum atomic E-state index is 0.643. The quantitative estimate of drug-likeness (QED) is 0.520. The Hall–Kier alpha value is -1.26. The van der Waals surface area contributed by atoms with Crippen LogP contribution < -0.4 is 15.8 Å². The summed E-state index contributed by atoms with van der Waals surface area (Å²) in [5.74, 6) is 0.773. The van der Waals surface area contributed by atoms with E-state index in [9.17, 15) is 0 Å². The van der Waals surface area contributed by atoms with Crippen LogP contribution in [0.5, 0.6) is 5.75 Å². The number of rotatable bonds is 9. The van der Waals surface area contributed by atoms with E-state index in [-0.39, 0.29) is 0 Å². The van der Waals surface area contributed by atoms with Crippen LogP contribution in [0.4, 0.5) is 5.69 Å². The molecule has 0 spiro atoms. The third-order valence-corrected chi connectivity index (χ3v) is 2.67. The number of methoxy groups -OCH3 is 1. The zero-order valence-corrected chi connectivity index (χ0v) is 11.4. The highest BCUT2D eigenvalue weighted by Crippen LogP contribution is 2.22. The van der Waals surface area contributed by atoms with Gasteiger partial charge < -0.3 is 20.5 Å². The highest BCUT2D eigenvalue weighted by Gasteiger charge is 2.01. The summed E-state index contributed by atoms with van der Waals surface area (Å²) in [5, 5.41) is 3.38. The lowest BCUT2D eigenvalue weighted by atomic mass is 10.1. The Morgan fingerprint density at radius 2 is 2.11 bits per heavy atom. The van der Waals surface area contributed by atoms with Crippen LogP contribution in [-0.2, 0) is 11.2 Å². The van der Waals surface area contributed by atoms with Gasteiger partial charge in [0.15, 0.2) is 0 Å². The average molecular weight is 252 g/mol. The van der Waals surface area contributed by atoms with Crippen molar-refractivity contribution in [3.05, 3.63) is 23.8 Å². The molecule has 0 fully saturated rings. The summed E-state index contributed by atoms with van der Waals surface area (Å²) in [6, 6.07) is 6.00. The van der Waals surface area contributed by atoms with Gasteiger partial charge in [0, 0.05) is 13.7 Å². The third kappa shape index (κ3) is 5.38. The summed E-state index contributed by atoms with van der Waals surface area (Å²) >= 11 is 0. The molecule has 1 aromatic rings.